The third kappa shape index (κ3) is 5.08. The number of carboxylic acid groups (broad SMARTS) is 1. The van der Waals surface area contributed by atoms with Gasteiger partial charge >= 0.3 is 5.97 Å². The van der Waals surface area contributed by atoms with E-state index in [1.54, 1.807) is 0 Å². The van der Waals surface area contributed by atoms with Crippen LogP contribution in [0.5, 0.6) is 0 Å². The lowest BCUT2D eigenvalue weighted by molar-refractivity contribution is -0.137. The van der Waals surface area contributed by atoms with E-state index in [2.05, 4.69) is 13.8 Å². The SMILES string of the molecule is CC.CC.CC12CCCCC1CCC1C2CCC2(C)C(CCCC(=O)O)CCC12.O. The third-order valence-corrected chi connectivity index (χ3v) is 9.72. The molecule has 7 unspecified atom stereocenters. The Labute approximate surface area is 187 Å². The average Bonchev–Trinajstić information content (AvgIpc) is 3.07. The molecule has 0 spiro atoms. The Balaban J connectivity index is 0.000000851. The van der Waals surface area contributed by atoms with Crippen LogP contribution in [0.4, 0.5) is 0 Å². The van der Waals surface area contributed by atoms with Gasteiger partial charge in [0.05, 0.1) is 0 Å². The summed E-state index contributed by atoms with van der Waals surface area (Å²) < 4.78 is 0. The summed E-state index contributed by atoms with van der Waals surface area (Å²) in [5.74, 6) is 4.08. The van der Waals surface area contributed by atoms with Crippen molar-refractivity contribution in [3.8, 4) is 0 Å². The molecule has 4 fully saturated rings. The van der Waals surface area contributed by atoms with Crippen LogP contribution in [-0.2, 0) is 4.79 Å². The van der Waals surface area contributed by atoms with Crippen molar-refractivity contribution in [1.29, 1.82) is 0 Å². The van der Waals surface area contributed by atoms with Gasteiger partial charge in [-0.1, -0.05) is 54.4 Å². The molecule has 0 heterocycles. The Hall–Kier alpha value is -0.570. The summed E-state index contributed by atoms with van der Waals surface area (Å²) in [5, 5.41) is 8.98. The van der Waals surface area contributed by atoms with Gasteiger partial charge in [-0.2, -0.15) is 0 Å². The van der Waals surface area contributed by atoms with Crippen LogP contribution in [-0.4, -0.2) is 16.6 Å². The van der Waals surface area contributed by atoms with E-state index in [1.807, 2.05) is 27.7 Å². The van der Waals surface area contributed by atoms with Crippen molar-refractivity contribution in [3.05, 3.63) is 0 Å². The van der Waals surface area contributed by atoms with Crippen LogP contribution in [0, 0.1) is 40.4 Å². The number of carbonyl (C=O) groups is 1. The fourth-order valence-corrected chi connectivity index (χ4v) is 8.38. The molecular formula is C27H52O3. The molecule has 4 aliphatic rings. The predicted octanol–water partition coefficient (Wildman–Crippen LogP) is 7.52. The van der Waals surface area contributed by atoms with Gasteiger partial charge in [-0.3, -0.25) is 4.79 Å². The maximum atomic E-state index is 10.9. The molecule has 0 amide bonds. The van der Waals surface area contributed by atoms with Crippen molar-refractivity contribution in [2.75, 3.05) is 0 Å². The smallest absolute Gasteiger partial charge is 0.303 e. The first-order valence-electron chi connectivity index (χ1n) is 13.2. The molecular weight excluding hydrogens is 372 g/mol. The summed E-state index contributed by atoms with van der Waals surface area (Å²) in [5.41, 5.74) is 1.15. The number of aliphatic carboxylic acids is 1. The molecule has 4 rings (SSSR count). The Kier molecular flexibility index (Phi) is 10.9. The molecule has 0 aromatic heterocycles. The van der Waals surface area contributed by atoms with Crippen molar-refractivity contribution >= 4 is 5.97 Å². The van der Waals surface area contributed by atoms with E-state index in [-0.39, 0.29) is 5.48 Å². The Morgan fingerprint density at radius 1 is 0.833 bits per heavy atom. The van der Waals surface area contributed by atoms with E-state index in [4.69, 9.17) is 5.11 Å². The van der Waals surface area contributed by atoms with Crippen LogP contribution in [0.3, 0.4) is 0 Å². The second kappa shape index (κ2) is 11.9. The molecule has 0 bridgehead atoms. The number of hydrogen-bond donors (Lipinski definition) is 1. The fraction of sp³-hybridized carbons (Fsp3) is 0.963. The lowest BCUT2D eigenvalue weighted by atomic mass is 9.45. The van der Waals surface area contributed by atoms with Gasteiger partial charge in [0.2, 0.25) is 0 Å². The Morgan fingerprint density at radius 2 is 1.50 bits per heavy atom. The minimum absolute atomic E-state index is 0. The zero-order valence-electron chi connectivity index (χ0n) is 20.9. The van der Waals surface area contributed by atoms with Crippen molar-refractivity contribution in [2.24, 2.45) is 40.4 Å². The molecule has 3 heteroatoms. The topological polar surface area (TPSA) is 68.8 Å². The highest BCUT2D eigenvalue weighted by Gasteiger charge is 2.59. The molecule has 0 radical (unpaired) electrons. The summed E-state index contributed by atoms with van der Waals surface area (Å²) in [6, 6.07) is 0. The largest absolute Gasteiger partial charge is 0.481 e. The summed E-state index contributed by atoms with van der Waals surface area (Å²) in [6.07, 6.45) is 17.0. The predicted molar refractivity (Wildman–Crippen MR) is 128 cm³/mol. The highest BCUT2D eigenvalue weighted by molar-refractivity contribution is 5.66. The van der Waals surface area contributed by atoms with Crippen LogP contribution >= 0.6 is 0 Å². The van der Waals surface area contributed by atoms with Gasteiger partial charge in [0.1, 0.15) is 0 Å². The van der Waals surface area contributed by atoms with Crippen molar-refractivity contribution < 1.29 is 15.4 Å². The Morgan fingerprint density at radius 3 is 2.17 bits per heavy atom. The van der Waals surface area contributed by atoms with E-state index in [0.29, 0.717) is 17.3 Å². The van der Waals surface area contributed by atoms with E-state index in [1.165, 1.54) is 64.2 Å². The minimum atomic E-state index is -0.619. The second-order valence-electron chi connectivity index (χ2n) is 10.5. The van der Waals surface area contributed by atoms with Crippen LogP contribution < -0.4 is 0 Å². The molecule has 4 saturated carbocycles. The molecule has 4 aliphatic carbocycles. The van der Waals surface area contributed by atoms with E-state index < -0.39 is 5.97 Å². The van der Waals surface area contributed by atoms with Gasteiger partial charge in [-0.25, -0.2) is 0 Å². The van der Waals surface area contributed by atoms with Gasteiger partial charge in [-0.15, -0.1) is 0 Å². The van der Waals surface area contributed by atoms with Crippen LogP contribution in [0.2, 0.25) is 0 Å². The quantitative estimate of drug-likeness (QED) is 0.507. The lowest BCUT2D eigenvalue weighted by Crippen LogP contribution is -2.52. The van der Waals surface area contributed by atoms with Crippen molar-refractivity contribution in [3.63, 3.8) is 0 Å². The van der Waals surface area contributed by atoms with Crippen molar-refractivity contribution in [1.82, 2.24) is 0 Å². The first kappa shape index (κ1) is 27.5. The van der Waals surface area contributed by atoms with Gasteiger partial charge in [0.25, 0.3) is 0 Å². The summed E-state index contributed by atoms with van der Waals surface area (Å²) >= 11 is 0. The van der Waals surface area contributed by atoms with E-state index in [0.717, 1.165) is 42.4 Å². The first-order valence-corrected chi connectivity index (χ1v) is 13.2. The monoisotopic (exact) mass is 424 g/mol. The molecule has 3 nitrogen and oxygen atoms in total. The average molecular weight is 425 g/mol. The fourth-order valence-electron chi connectivity index (χ4n) is 8.38. The van der Waals surface area contributed by atoms with Gasteiger partial charge in [0.15, 0.2) is 0 Å². The first-order chi connectivity index (χ1) is 13.9. The van der Waals surface area contributed by atoms with Gasteiger partial charge in [0, 0.05) is 6.42 Å². The molecule has 0 aromatic rings. The van der Waals surface area contributed by atoms with E-state index in [9.17, 15) is 4.79 Å². The number of carboxylic acids is 1. The van der Waals surface area contributed by atoms with Gasteiger partial charge < -0.3 is 10.6 Å². The standard InChI is InChI=1S/C23H38O2.2C2H6.H2O/c1-22-14-4-3-6-16(22)9-11-18-19-12-10-17(7-5-8-21(24)25)23(19,2)15-13-20(18)22;2*1-2;/h16-20H,3-15H2,1-2H3,(H,24,25);2*1-2H3;1H2. The molecule has 3 N–H and O–H groups in total. The third-order valence-electron chi connectivity index (χ3n) is 9.72. The molecule has 0 saturated heterocycles. The summed E-state index contributed by atoms with van der Waals surface area (Å²) in [4.78, 5) is 10.9. The zero-order valence-corrected chi connectivity index (χ0v) is 20.9. The van der Waals surface area contributed by atoms with Gasteiger partial charge in [-0.05, 0) is 105 Å². The van der Waals surface area contributed by atoms with Crippen LogP contribution in [0.15, 0.2) is 0 Å². The molecule has 30 heavy (non-hydrogen) atoms. The Bertz CT molecular complexity index is 518. The lowest BCUT2D eigenvalue weighted by Gasteiger charge is -2.60. The zero-order chi connectivity index (χ0) is 21.7. The van der Waals surface area contributed by atoms with E-state index >= 15 is 0 Å². The molecule has 178 valence electrons. The number of hydrogen-bond acceptors (Lipinski definition) is 1. The van der Waals surface area contributed by atoms with Crippen LogP contribution in [0.1, 0.15) is 125 Å². The maximum absolute atomic E-state index is 10.9. The highest BCUT2D eigenvalue weighted by atomic mass is 16.4. The minimum Gasteiger partial charge on any atom is -0.481 e. The second-order valence-corrected chi connectivity index (χ2v) is 10.5. The highest BCUT2D eigenvalue weighted by Crippen LogP contribution is 2.67. The van der Waals surface area contributed by atoms with Crippen molar-refractivity contribution in [2.45, 2.75) is 125 Å². The summed E-state index contributed by atoms with van der Waals surface area (Å²) in [6.45, 7) is 13.2. The summed E-state index contributed by atoms with van der Waals surface area (Å²) in [7, 11) is 0. The number of fused-ring (bicyclic) bond motifs is 5. The normalized spacial score (nSPS) is 41.3. The molecule has 0 aliphatic heterocycles. The number of rotatable bonds is 4. The molecule has 7 atom stereocenters. The maximum Gasteiger partial charge on any atom is 0.303 e. The molecule has 0 aromatic carbocycles. The van der Waals surface area contributed by atoms with Crippen LogP contribution in [0.25, 0.3) is 0 Å².